The van der Waals surface area contributed by atoms with Crippen molar-refractivity contribution >= 4 is 34.8 Å². The molecule has 2 aromatic rings. The molecule has 2 rings (SSSR count). The van der Waals surface area contributed by atoms with Gasteiger partial charge >= 0.3 is 6.18 Å². The van der Waals surface area contributed by atoms with Gasteiger partial charge in [0.25, 0.3) is 5.78 Å². The number of halogens is 3. The number of carbonyl (C=O) groups is 1. The predicted molar refractivity (Wildman–Crippen MR) is 84.3 cm³/mol. The van der Waals surface area contributed by atoms with Crippen molar-refractivity contribution in [3.05, 3.63) is 57.8 Å². The number of hydrogen-bond acceptors (Lipinski definition) is 4. The number of ketones is 1. The Balaban J connectivity index is 2.46. The number of aliphatic hydroxyl groups excluding tert-OH is 1. The molecule has 0 aliphatic rings. The van der Waals surface area contributed by atoms with Crippen LogP contribution in [-0.2, 0) is 4.79 Å². The Labute approximate surface area is 134 Å². The fourth-order valence-corrected chi connectivity index (χ4v) is 2.46. The summed E-state index contributed by atoms with van der Waals surface area (Å²) in [5.41, 5.74) is 0.368. The van der Waals surface area contributed by atoms with Gasteiger partial charge in [-0.1, -0.05) is 18.2 Å². The van der Waals surface area contributed by atoms with Gasteiger partial charge in [0.15, 0.2) is 0 Å². The smallest absolute Gasteiger partial charge is 0.455 e. The zero-order chi connectivity index (χ0) is 17.0. The second kappa shape index (κ2) is 6.78. The molecule has 0 saturated carbocycles. The van der Waals surface area contributed by atoms with Gasteiger partial charge in [0.05, 0.1) is 16.1 Å². The van der Waals surface area contributed by atoms with Gasteiger partial charge in [0.2, 0.25) is 0 Å². The highest BCUT2D eigenvalue weighted by Gasteiger charge is 2.41. The molecule has 0 fully saturated rings. The van der Waals surface area contributed by atoms with Crippen LogP contribution in [0, 0.1) is 6.92 Å². The minimum absolute atomic E-state index is 0.160. The fraction of sp³-hybridized carbons (Fsp3) is 0.125. The minimum atomic E-state index is -5.10. The molecule has 1 heterocycles. The van der Waals surface area contributed by atoms with Crippen LogP contribution < -0.4 is 0 Å². The molecule has 1 aromatic carbocycles. The number of Topliss-reactive ketones (excluding diaryl/α,β-unsaturated/α-hetero) is 1. The summed E-state index contributed by atoms with van der Waals surface area (Å²) in [4.78, 5) is 15.6. The van der Waals surface area contributed by atoms with Crippen LogP contribution in [0.4, 0.5) is 18.9 Å². The van der Waals surface area contributed by atoms with Gasteiger partial charge in [-0.15, -0.1) is 11.3 Å². The Morgan fingerprint density at radius 2 is 2.00 bits per heavy atom. The van der Waals surface area contributed by atoms with Crippen molar-refractivity contribution in [3.8, 4) is 0 Å². The van der Waals surface area contributed by atoms with Crippen LogP contribution in [0.3, 0.4) is 0 Å². The molecule has 1 N–H and O–H groups in total. The van der Waals surface area contributed by atoms with Gasteiger partial charge in [0.1, 0.15) is 5.76 Å². The van der Waals surface area contributed by atoms with Crippen molar-refractivity contribution in [2.75, 3.05) is 0 Å². The van der Waals surface area contributed by atoms with Gasteiger partial charge in [-0.2, -0.15) is 13.2 Å². The minimum Gasteiger partial charge on any atom is -0.506 e. The second-order valence-corrected chi connectivity index (χ2v) is 5.61. The molecule has 120 valence electrons. The number of aliphatic imine (C=N–C) groups is 1. The summed E-state index contributed by atoms with van der Waals surface area (Å²) in [5, 5.41) is 11.6. The lowest BCUT2D eigenvalue weighted by Gasteiger charge is -2.08. The lowest BCUT2D eigenvalue weighted by atomic mass is 10.1. The van der Waals surface area contributed by atoms with E-state index in [-0.39, 0.29) is 4.88 Å². The number of nitrogens with zero attached hydrogens (tertiary/aromatic N) is 1. The van der Waals surface area contributed by atoms with E-state index in [1.807, 2.05) is 0 Å². The van der Waals surface area contributed by atoms with Gasteiger partial charge < -0.3 is 5.11 Å². The Morgan fingerprint density at radius 1 is 1.26 bits per heavy atom. The standard InChI is InChI=1S/C16H12F3NO2S/c1-10-4-2-5-11(8-10)20-9-12(15(22)16(17,18)19)14(21)13-6-3-7-23-13/h2-9,21H,1H3/b14-12-,20-9?. The van der Waals surface area contributed by atoms with Crippen LogP contribution in [0.5, 0.6) is 0 Å². The average molecular weight is 339 g/mol. The summed E-state index contributed by atoms with van der Waals surface area (Å²) in [5.74, 6) is -2.88. The lowest BCUT2D eigenvalue weighted by molar-refractivity contribution is -0.165. The molecule has 0 spiro atoms. The van der Waals surface area contributed by atoms with Crippen molar-refractivity contribution < 1.29 is 23.1 Å². The average Bonchev–Trinajstić information content (AvgIpc) is 3.00. The monoisotopic (exact) mass is 339 g/mol. The molecule has 23 heavy (non-hydrogen) atoms. The van der Waals surface area contributed by atoms with Crippen molar-refractivity contribution in [3.63, 3.8) is 0 Å². The molecule has 0 bridgehead atoms. The Hall–Kier alpha value is -2.41. The quantitative estimate of drug-likeness (QED) is 0.491. The van der Waals surface area contributed by atoms with E-state index in [0.29, 0.717) is 5.69 Å². The Bertz CT molecular complexity index is 762. The molecule has 7 heteroatoms. The largest absolute Gasteiger partial charge is 0.506 e. The molecule has 0 aliphatic carbocycles. The number of aryl methyl sites for hydroxylation is 1. The van der Waals surface area contributed by atoms with Gasteiger partial charge in [-0.25, -0.2) is 0 Å². The molecule has 1 aromatic heterocycles. The van der Waals surface area contributed by atoms with E-state index in [2.05, 4.69) is 4.99 Å². The number of thiophene rings is 1. The first kappa shape index (κ1) is 17.0. The molecule has 0 aliphatic heterocycles. The zero-order valence-electron chi connectivity index (χ0n) is 12.0. The van der Waals surface area contributed by atoms with E-state index in [1.54, 1.807) is 42.6 Å². The molecular weight excluding hydrogens is 327 g/mol. The highest BCUT2D eigenvalue weighted by atomic mass is 32.1. The van der Waals surface area contributed by atoms with Gasteiger partial charge in [0, 0.05) is 6.21 Å². The van der Waals surface area contributed by atoms with E-state index >= 15 is 0 Å². The number of allylic oxidation sites excluding steroid dienone is 1. The van der Waals surface area contributed by atoms with Crippen molar-refractivity contribution in [2.24, 2.45) is 4.99 Å². The first-order chi connectivity index (χ1) is 10.8. The molecule has 3 nitrogen and oxygen atoms in total. The molecule has 0 saturated heterocycles. The third-order valence-corrected chi connectivity index (χ3v) is 3.73. The van der Waals surface area contributed by atoms with Crippen LogP contribution in [0.2, 0.25) is 0 Å². The second-order valence-electron chi connectivity index (χ2n) is 4.66. The summed E-state index contributed by atoms with van der Waals surface area (Å²) in [6.07, 6.45) is -4.35. The number of aliphatic hydroxyl groups is 1. The maximum Gasteiger partial charge on any atom is 0.455 e. The lowest BCUT2D eigenvalue weighted by Crippen LogP contribution is -2.26. The van der Waals surface area contributed by atoms with Crippen molar-refractivity contribution in [1.82, 2.24) is 0 Å². The molecular formula is C16H12F3NO2S. The van der Waals surface area contributed by atoms with Crippen molar-refractivity contribution in [1.29, 1.82) is 0 Å². The predicted octanol–water partition coefficient (Wildman–Crippen LogP) is 4.86. The highest BCUT2D eigenvalue weighted by molar-refractivity contribution is 7.11. The normalized spacial score (nSPS) is 13.2. The summed E-state index contributed by atoms with van der Waals surface area (Å²) in [7, 11) is 0. The summed E-state index contributed by atoms with van der Waals surface area (Å²) in [6, 6.07) is 9.71. The molecule has 0 amide bonds. The Morgan fingerprint density at radius 3 is 2.57 bits per heavy atom. The highest BCUT2D eigenvalue weighted by Crippen LogP contribution is 2.27. The first-order valence-corrected chi connectivity index (χ1v) is 7.36. The third-order valence-electron chi connectivity index (χ3n) is 2.86. The summed E-state index contributed by atoms with van der Waals surface area (Å²) < 4.78 is 38.2. The van der Waals surface area contributed by atoms with E-state index in [9.17, 15) is 23.1 Å². The molecule has 0 atom stereocenters. The summed E-state index contributed by atoms with van der Waals surface area (Å²) >= 11 is 1.02. The molecule has 0 radical (unpaired) electrons. The maximum atomic E-state index is 12.7. The zero-order valence-corrected chi connectivity index (χ0v) is 12.8. The van der Waals surface area contributed by atoms with Crippen LogP contribution >= 0.6 is 11.3 Å². The Kier molecular flexibility index (Phi) is 5.00. The number of alkyl halides is 3. The van der Waals surface area contributed by atoms with E-state index < -0.39 is 23.3 Å². The van der Waals surface area contributed by atoms with Crippen molar-refractivity contribution in [2.45, 2.75) is 13.1 Å². The number of benzene rings is 1. The van der Waals surface area contributed by atoms with E-state index in [1.165, 1.54) is 6.07 Å². The van der Waals surface area contributed by atoms with Crippen LogP contribution in [0.1, 0.15) is 10.4 Å². The van der Waals surface area contributed by atoms with Crippen LogP contribution in [0.25, 0.3) is 5.76 Å². The number of carbonyl (C=O) groups excluding carboxylic acids is 1. The topological polar surface area (TPSA) is 49.7 Å². The van der Waals surface area contributed by atoms with Crippen LogP contribution in [-0.4, -0.2) is 23.3 Å². The van der Waals surface area contributed by atoms with Crippen LogP contribution in [0.15, 0.2) is 52.3 Å². The SMILES string of the molecule is Cc1cccc(N=C/C(C(=O)C(F)(F)F)=C(/O)c2cccs2)c1. The maximum absolute atomic E-state index is 12.7. The number of hydrogen-bond donors (Lipinski definition) is 1. The van der Waals surface area contributed by atoms with Gasteiger partial charge in [-0.3, -0.25) is 9.79 Å². The third kappa shape index (κ3) is 4.29. The van der Waals surface area contributed by atoms with E-state index in [0.717, 1.165) is 23.1 Å². The summed E-state index contributed by atoms with van der Waals surface area (Å²) in [6.45, 7) is 1.81. The number of rotatable bonds is 4. The molecule has 0 unspecified atom stereocenters. The first-order valence-electron chi connectivity index (χ1n) is 6.48. The van der Waals surface area contributed by atoms with Gasteiger partial charge in [-0.05, 0) is 36.1 Å². The van der Waals surface area contributed by atoms with E-state index in [4.69, 9.17) is 0 Å². The fourth-order valence-electron chi connectivity index (χ4n) is 1.77.